The van der Waals surface area contributed by atoms with Crippen LogP contribution in [0.5, 0.6) is 0 Å². The van der Waals surface area contributed by atoms with E-state index in [0.29, 0.717) is 0 Å². The largest absolute Gasteiger partial charge is 0.207 e. The average molecular weight is 407 g/mol. The van der Waals surface area contributed by atoms with Crippen molar-refractivity contribution in [1.82, 2.24) is 0 Å². The highest BCUT2D eigenvalue weighted by molar-refractivity contribution is 5.63. The van der Waals surface area contributed by atoms with Gasteiger partial charge in [-0.2, -0.15) is 0 Å². The molecule has 30 heavy (non-hydrogen) atoms. The molecule has 2 aliphatic rings. The molecule has 0 aliphatic heterocycles. The van der Waals surface area contributed by atoms with Gasteiger partial charge in [0.2, 0.25) is 0 Å². The van der Waals surface area contributed by atoms with E-state index >= 15 is 0 Å². The first-order valence-electron chi connectivity index (χ1n) is 12.6. The summed E-state index contributed by atoms with van der Waals surface area (Å²) in [5.74, 6) is 3.58. The van der Waals surface area contributed by atoms with Gasteiger partial charge in [-0.25, -0.2) is 4.39 Å². The average Bonchev–Trinajstić information content (AvgIpc) is 2.81. The number of rotatable bonds is 7. The van der Waals surface area contributed by atoms with Crippen LogP contribution < -0.4 is 0 Å². The van der Waals surface area contributed by atoms with Crippen molar-refractivity contribution in [2.75, 3.05) is 0 Å². The topological polar surface area (TPSA) is 0 Å². The molecule has 0 aromatic heterocycles. The van der Waals surface area contributed by atoms with Crippen LogP contribution in [0.2, 0.25) is 0 Å². The summed E-state index contributed by atoms with van der Waals surface area (Å²) in [6.07, 6.45) is 17.3. The fraction of sp³-hybridized carbons (Fsp3) is 0.586. The summed E-state index contributed by atoms with van der Waals surface area (Å²) in [5.41, 5.74) is 3.78. The molecule has 4 rings (SSSR count). The lowest BCUT2D eigenvalue weighted by atomic mass is 9.68. The molecule has 2 fully saturated rings. The van der Waals surface area contributed by atoms with Crippen LogP contribution in [0.3, 0.4) is 0 Å². The van der Waals surface area contributed by atoms with Crippen molar-refractivity contribution in [2.45, 2.75) is 89.9 Å². The molecule has 0 nitrogen and oxygen atoms in total. The first kappa shape index (κ1) is 21.6. The van der Waals surface area contributed by atoms with Gasteiger partial charge in [0.15, 0.2) is 0 Å². The Labute approximate surface area is 183 Å². The minimum absolute atomic E-state index is 0.169. The molecule has 1 heteroatoms. The van der Waals surface area contributed by atoms with E-state index in [1.165, 1.54) is 88.2 Å². The summed E-state index contributed by atoms with van der Waals surface area (Å²) >= 11 is 0. The highest BCUT2D eigenvalue weighted by Gasteiger charge is 2.31. The van der Waals surface area contributed by atoms with Crippen molar-refractivity contribution in [1.29, 1.82) is 0 Å². The van der Waals surface area contributed by atoms with E-state index in [0.717, 1.165) is 29.2 Å². The van der Waals surface area contributed by atoms with Crippen LogP contribution in [0, 0.1) is 23.6 Å². The van der Waals surface area contributed by atoms with Crippen molar-refractivity contribution in [3.8, 4) is 11.1 Å². The van der Waals surface area contributed by atoms with Crippen LogP contribution in [0.15, 0.2) is 48.5 Å². The number of halogens is 1. The summed E-state index contributed by atoms with van der Waals surface area (Å²) in [6.45, 7) is 2.31. The molecule has 0 heterocycles. The minimum Gasteiger partial charge on any atom is -0.207 e. The lowest BCUT2D eigenvalue weighted by Crippen LogP contribution is -2.25. The quantitative estimate of drug-likeness (QED) is 0.402. The third-order valence-corrected chi connectivity index (χ3v) is 8.11. The van der Waals surface area contributed by atoms with Gasteiger partial charge in [-0.15, -0.1) is 0 Å². The van der Waals surface area contributed by atoms with Gasteiger partial charge in [0, 0.05) is 0 Å². The summed E-state index contributed by atoms with van der Waals surface area (Å²) in [5, 5.41) is 0. The first-order valence-corrected chi connectivity index (χ1v) is 12.6. The number of hydrogen-bond acceptors (Lipinski definition) is 0. The van der Waals surface area contributed by atoms with E-state index in [4.69, 9.17) is 0 Å². The van der Waals surface area contributed by atoms with Gasteiger partial charge in [-0.3, -0.25) is 0 Å². The second-order valence-corrected chi connectivity index (χ2v) is 10.0. The third-order valence-electron chi connectivity index (χ3n) is 8.11. The first-order chi connectivity index (χ1) is 14.7. The highest BCUT2D eigenvalue weighted by atomic mass is 19.1. The Hall–Kier alpha value is -1.63. The van der Waals surface area contributed by atoms with E-state index < -0.39 is 0 Å². The van der Waals surface area contributed by atoms with Gasteiger partial charge in [-0.05, 0) is 91.0 Å². The van der Waals surface area contributed by atoms with E-state index in [-0.39, 0.29) is 5.82 Å². The SMILES string of the molecule is CCCCCC1CCC(C2CCC(c3ccc(-c4ccc(F)cc4)cc3)CC2)CC1. The van der Waals surface area contributed by atoms with E-state index in [1.54, 1.807) is 12.1 Å². The van der Waals surface area contributed by atoms with Crippen molar-refractivity contribution in [2.24, 2.45) is 17.8 Å². The molecular weight excluding hydrogens is 367 g/mol. The van der Waals surface area contributed by atoms with Gasteiger partial charge in [0.05, 0.1) is 0 Å². The van der Waals surface area contributed by atoms with Crippen molar-refractivity contribution in [3.05, 3.63) is 59.9 Å². The Kier molecular flexibility index (Phi) is 7.63. The van der Waals surface area contributed by atoms with Crippen molar-refractivity contribution < 1.29 is 4.39 Å². The zero-order valence-electron chi connectivity index (χ0n) is 18.8. The van der Waals surface area contributed by atoms with Crippen LogP contribution in [0.4, 0.5) is 4.39 Å². The van der Waals surface area contributed by atoms with E-state index in [2.05, 4.69) is 31.2 Å². The molecule has 0 N–H and O–H groups in total. The molecule has 0 unspecified atom stereocenters. The molecule has 0 bridgehead atoms. The van der Waals surface area contributed by atoms with Crippen LogP contribution >= 0.6 is 0 Å². The van der Waals surface area contributed by atoms with Crippen LogP contribution in [0.1, 0.15) is 95.5 Å². The smallest absolute Gasteiger partial charge is 0.123 e. The number of hydrogen-bond donors (Lipinski definition) is 0. The molecule has 162 valence electrons. The lowest BCUT2D eigenvalue weighted by molar-refractivity contribution is 0.155. The molecule has 0 atom stereocenters. The molecular formula is C29H39F. The molecule has 0 radical (unpaired) electrons. The maximum absolute atomic E-state index is 13.2. The molecule has 2 aromatic rings. The van der Waals surface area contributed by atoms with Gasteiger partial charge >= 0.3 is 0 Å². The Morgan fingerprint density at radius 2 is 1.20 bits per heavy atom. The third kappa shape index (κ3) is 5.54. The Morgan fingerprint density at radius 1 is 0.667 bits per heavy atom. The Balaban J connectivity index is 1.24. The van der Waals surface area contributed by atoms with Gasteiger partial charge in [-0.1, -0.05) is 81.8 Å². The summed E-state index contributed by atoms with van der Waals surface area (Å²) in [4.78, 5) is 0. The van der Waals surface area contributed by atoms with Crippen molar-refractivity contribution in [3.63, 3.8) is 0 Å². The summed E-state index contributed by atoms with van der Waals surface area (Å²) in [6, 6.07) is 15.9. The second kappa shape index (κ2) is 10.6. The Morgan fingerprint density at radius 3 is 1.77 bits per heavy atom. The summed E-state index contributed by atoms with van der Waals surface area (Å²) < 4.78 is 13.2. The zero-order chi connectivity index (χ0) is 20.8. The lowest BCUT2D eigenvalue weighted by Gasteiger charge is -2.38. The number of unbranched alkanes of at least 4 members (excludes halogenated alkanes) is 2. The summed E-state index contributed by atoms with van der Waals surface area (Å²) in [7, 11) is 0. The minimum atomic E-state index is -0.169. The fourth-order valence-corrected chi connectivity index (χ4v) is 6.15. The Bertz CT molecular complexity index is 744. The molecule has 2 aromatic carbocycles. The molecule has 2 saturated carbocycles. The standard InChI is InChI=1S/C29H39F/c1-2-3-4-5-22-6-8-23(9-7-22)24-10-12-25(13-11-24)26-14-16-27(17-15-26)28-18-20-29(30)21-19-28/h14-25H,2-13H2,1H3. The van der Waals surface area contributed by atoms with Gasteiger partial charge in [0.25, 0.3) is 0 Å². The molecule has 0 spiro atoms. The second-order valence-electron chi connectivity index (χ2n) is 10.0. The van der Waals surface area contributed by atoms with E-state index in [9.17, 15) is 4.39 Å². The maximum atomic E-state index is 13.2. The number of benzene rings is 2. The predicted octanol–water partition coefficient (Wildman–Crippen LogP) is 9.15. The van der Waals surface area contributed by atoms with Crippen LogP contribution in [-0.4, -0.2) is 0 Å². The van der Waals surface area contributed by atoms with E-state index in [1.807, 2.05) is 12.1 Å². The molecule has 0 amide bonds. The molecule has 0 saturated heterocycles. The van der Waals surface area contributed by atoms with Crippen LogP contribution in [0.25, 0.3) is 11.1 Å². The zero-order valence-corrected chi connectivity index (χ0v) is 18.8. The van der Waals surface area contributed by atoms with Crippen molar-refractivity contribution >= 4 is 0 Å². The van der Waals surface area contributed by atoms with Crippen LogP contribution in [-0.2, 0) is 0 Å². The highest BCUT2D eigenvalue weighted by Crippen LogP contribution is 2.44. The molecule has 2 aliphatic carbocycles. The van der Waals surface area contributed by atoms with Gasteiger partial charge in [0.1, 0.15) is 5.82 Å². The predicted molar refractivity (Wildman–Crippen MR) is 126 cm³/mol. The normalized spacial score (nSPS) is 27.1. The monoisotopic (exact) mass is 406 g/mol. The fourth-order valence-electron chi connectivity index (χ4n) is 6.15. The maximum Gasteiger partial charge on any atom is 0.123 e. The van der Waals surface area contributed by atoms with Gasteiger partial charge < -0.3 is 0 Å².